The number of ketones is 1. The van der Waals surface area contributed by atoms with Crippen molar-refractivity contribution < 1.29 is 14.3 Å². The maximum atomic E-state index is 13.0. The predicted octanol–water partition coefficient (Wildman–Crippen LogP) is 5.14. The first-order valence-electron chi connectivity index (χ1n) is 12.2. The lowest BCUT2D eigenvalue weighted by Gasteiger charge is -2.41. The number of carbonyl (C=O) groups is 2. The minimum absolute atomic E-state index is 0.0268. The van der Waals surface area contributed by atoms with E-state index in [1.54, 1.807) is 12.1 Å². The van der Waals surface area contributed by atoms with Crippen LogP contribution < -0.4 is 0 Å². The highest BCUT2D eigenvalue weighted by Crippen LogP contribution is 2.26. The van der Waals surface area contributed by atoms with Crippen LogP contribution in [0.2, 0.25) is 5.02 Å². The van der Waals surface area contributed by atoms with Crippen LogP contribution >= 0.6 is 11.6 Å². The number of benzene rings is 2. The van der Waals surface area contributed by atoms with Crippen LogP contribution in [0, 0.1) is 20.4 Å². The third-order valence-corrected chi connectivity index (χ3v) is 7.40. The molecule has 0 aliphatic carbocycles. The van der Waals surface area contributed by atoms with E-state index in [0.717, 1.165) is 48.2 Å². The summed E-state index contributed by atoms with van der Waals surface area (Å²) in [5.41, 5.74) is 4.98. The van der Waals surface area contributed by atoms with Gasteiger partial charge in [-0.3, -0.25) is 14.5 Å². The monoisotopic (exact) mass is 493 g/mol. The van der Waals surface area contributed by atoms with Gasteiger partial charge >= 0.3 is 0 Å². The molecule has 2 atom stereocenters. The van der Waals surface area contributed by atoms with E-state index in [4.69, 9.17) is 22.9 Å². The molecule has 0 N–H and O–H groups in total. The lowest BCUT2D eigenvalue weighted by molar-refractivity contribution is -0.145. The number of hydrogen-bond donors (Lipinski definition) is 0. The van der Waals surface area contributed by atoms with E-state index >= 15 is 0 Å². The summed E-state index contributed by atoms with van der Waals surface area (Å²) in [7, 11) is 0. The maximum Gasteiger partial charge on any atom is 0.252 e. The van der Waals surface area contributed by atoms with Gasteiger partial charge in [0.15, 0.2) is 11.5 Å². The van der Waals surface area contributed by atoms with Crippen molar-refractivity contribution in [2.45, 2.75) is 58.7 Å². The van der Waals surface area contributed by atoms with Crippen LogP contribution in [0.15, 0.2) is 30.3 Å². The highest BCUT2D eigenvalue weighted by molar-refractivity contribution is 6.30. The minimum Gasteiger partial charge on any atom is -0.368 e. The van der Waals surface area contributed by atoms with Gasteiger partial charge in [-0.1, -0.05) is 23.7 Å². The summed E-state index contributed by atoms with van der Waals surface area (Å²) < 4.78 is 5.60. The van der Waals surface area contributed by atoms with Crippen LogP contribution in [0.25, 0.3) is 4.85 Å². The van der Waals surface area contributed by atoms with Crippen LogP contribution in [-0.2, 0) is 22.5 Å². The van der Waals surface area contributed by atoms with Gasteiger partial charge in [0, 0.05) is 55.8 Å². The highest BCUT2D eigenvalue weighted by Gasteiger charge is 2.34. The topological polar surface area (TPSA) is 54.2 Å². The summed E-state index contributed by atoms with van der Waals surface area (Å²) in [4.78, 5) is 33.6. The van der Waals surface area contributed by atoms with E-state index < -0.39 is 0 Å². The molecule has 0 radical (unpaired) electrons. The zero-order chi connectivity index (χ0) is 25.1. The fourth-order valence-electron chi connectivity index (χ4n) is 5.03. The number of hydrogen-bond acceptors (Lipinski definition) is 4. The number of nitrogens with zero attached hydrogens (tertiary/aromatic N) is 3. The van der Waals surface area contributed by atoms with Gasteiger partial charge in [0.2, 0.25) is 0 Å². The number of amides is 1. The Morgan fingerprint density at radius 1 is 1.17 bits per heavy atom. The van der Waals surface area contributed by atoms with Crippen LogP contribution in [-0.4, -0.2) is 59.9 Å². The molecule has 2 heterocycles. The zero-order valence-corrected chi connectivity index (χ0v) is 21.4. The number of rotatable bonds is 6. The largest absolute Gasteiger partial charge is 0.368 e. The normalized spacial score (nSPS) is 20.6. The fraction of sp³-hybridized carbons (Fsp3) is 0.464. The van der Waals surface area contributed by atoms with Crippen molar-refractivity contribution in [1.29, 1.82) is 0 Å². The first kappa shape index (κ1) is 25.4. The van der Waals surface area contributed by atoms with Gasteiger partial charge in [-0.05, 0) is 74.1 Å². The second-order valence-electron chi connectivity index (χ2n) is 9.68. The van der Waals surface area contributed by atoms with Gasteiger partial charge in [0.25, 0.3) is 5.91 Å². The summed E-state index contributed by atoms with van der Waals surface area (Å²) in [6.07, 6.45) is 1.73. The zero-order valence-electron chi connectivity index (χ0n) is 20.6. The Balaban J connectivity index is 1.44. The smallest absolute Gasteiger partial charge is 0.252 e. The average Bonchev–Trinajstić information content (AvgIpc) is 3.37. The summed E-state index contributed by atoms with van der Waals surface area (Å²) in [5, 5.41) is 0.611. The summed E-state index contributed by atoms with van der Waals surface area (Å²) in [5.74, 6) is 0.0907. The van der Waals surface area contributed by atoms with Crippen LogP contribution in [0.5, 0.6) is 0 Å². The molecule has 0 bridgehead atoms. The first-order chi connectivity index (χ1) is 16.8. The second kappa shape index (κ2) is 10.9. The molecule has 4 rings (SSSR count). The second-order valence-corrected chi connectivity index (χ2v) is 10.1. The van der Waals surface area contributed by atoms with Gasteiger partial charge in [0.1, 0.15) is 6.10 Å². The molecule has 1 amide bonds. The van der Waals surface area contributed by atoms with E-state index in [-0.39, 0.29) is 30.3 Å². The molecule has 2 saturated heterocycles. The third kappa shape index (κ3) is 5.75. The SMILES string of the molecule is [C-]#[N+]c1cc(C(=O)Cc2cc(Cl)cc(CN3CCN(C(=O)[C@@H]4CCCO4)[C@@H](C)C3)c2C)ccc1C. The molecule has 0 saturated carbocycles. The number of ether oxygens (including phenoxy) is 1. The lowest BCUT2D eigenvalue weighted by atomic mass is 9.95. The number of carbonyl (C=O) groups excluding carboxylic acids is 2. The summed E-state index contributed by atoms with van der Waals surface area (Å²) in [6, 6.07) is 9.22. The Labute approximate surface area is 212 Å². The standard InChI is InChI=1S/C28H32ClN3O3/c1-18-7-8-21(14-25(18)30-4)26(33)15-22-12-24(29)13-23(20(22)3)17-31-9-10-32(19(2)16-31)28(34)27-6-5-11-35-27/h7-8,12-14,19,27H,5-6,9-11,15-17H2,1-3H3/t19-,27-/m0/s1. The average molecular weight is 494 g/mol. The molecule has 184 valence electrons. The molecule has 2 aliphatic rings. The van der Waals surface area contributed by atoms with Crippen molar-refractivity contribution in [2.75, 3.05) is 26.2 Å². The Kier molecular flexibility index (Phi) is 7.91. The van der Waals surface area contributed by atoms with E-state index in [9.17, 15) is 9.59 Å². The summed E-state index contributed by atoms with van der Waals surface area (Å²) >= 11 is 6.47. The molecule has 0 aromatic heterocycles. The van der Waals surface area contributed by atoms with E-state index in [0.29, 0.717) is 36.0 Å². The van der Waals surface area contributed by atoms with Crippen molar-refractivity contribution in [2.24, 2.45) is 0 Å². The van der Waals surface area contributed by atoms with Crippen LogP contribution in [0.3, 0.4) is 0 Å². The summed E-state index contributed by atoms with van der Waals surface area (Å²) in [6.45, 7) is 16.9. The molecular formula is C28H32ClN3O3. The molecule has 2 fully saturated rings. The Morgan fingerprint density at radius 2 is 1.94 bits per heavy atom. The Bertz CT molecular complexity index is 1170. The minimum atomic E-state index is -0.279. The van der Waals surface area contributed by atoms with Crippen LogP contribution in [0.1, 0.15) is 52.4 Å². The van der Waals surface area contributed by atoms with Crippen molar-refractivity contribution in [3.8, 4) is 0 Å². The third-order valence-electron chi connectivity index (χ3n) is 7.18. The van der Waals surface area contributed by atoms with Crippen molar-refractivity contribution >= 4 is 29.0 Å². The first-order valence-corrected chi connectivity index (χ1v) is 12.6. The molecule has 35 heavy (non-hydrogen) atoms. The number of aryl methyl sites for hydroxylation is 1. The van der Waals surface area contributed by atoms with Gasteiger partial charge in [-0.15, -0.1) is 0 Å². The van der Waals surface area contributed by atoms with Crippen molar-refractivity contribution in [1.82, 2.24) is 9.80 Å². The van der Waals surface area contributed by atoms with Gasteiger partial charge in [0.05, 0.1) is 6.57 Å². The highest BCUT2D eigenvalue weighted by atomic mass is 35.5. The quantitative estimate of drug-likeness (QED) is 0.413. The molecule has 2 aliphatic heterocycles. The van der Waals surface area contributed by atoms with Crippen molar-refractivity contribution in [3.63, 3.8) is 0 Å². The number of Topliss-reactive ketones (excluding diaryl/α,β-unsaturated/α-hetero) is 1. The fourth-order valence-corrected chi connectivity index (χ4v) is 5.29. The molecule has 0 spiro atoms. The molecule has 0 unspecified atom stereocenters. The molecular weight excluding hydrogens is 462 g/mol. The van der Waals surface area contributed by atoms with Gasteiger partial charge < -0.3 is 9.64 Å². The van der Waals surface area contributed by atoms with E-state index in [1.807, 2.05) is 36.9 Å². The Hall–Kier alpha value is -2.72. The molecule has 2 aromatic rings. The van der Waals surface area contributed by atoms with Crippen molar-refractivity contribution in [3.05, 3.63) is 74.6 Å². The van der Waals surface area contributed by atoms with E-state index in [2.05, 4.69) is 16.7 Å². The van der Waals surface area contributed by atoms with Gasteiger partial charge in [-0.25, -0.2) is 4.85 Å². The Morgan fingerprint density at radius 3 is 2.63 bits per heavy atom. The maximum absolute atomic E-state index is 13.0. The van der Waals surface area contributed by atoms with E-state index in [1.165, 1.54) is 0 Å². The van der Waals surface area contributed by atoms with Gasteiger partial charge in [-0.2, -0.15) is 0 Å². The lowest BCUT2D eigenvalue weighted by Crippen LogP contribution is -2.55. The molecule has 7 heteroatoms. The number of halogens is 1. The number of piperazine rings is 1. The molecule has 6 nitrogen and oxygen atoms in total. The van der Waals surface area contributed by atoms with Crippen LogP contribution in [0.4, 0.5) is 5.69 Å². The molecule has 2 aromatic carbocycles. The predicted molar refractivity (Wildman–Crippen MR) is 137 cm³/mol.